The molecular weight excluding hydrogens is 358 g/mol. The van der Waals surface area contributed by atoms with Crippen LogP contribution in [0.15, 0.2) is 54.6 Å². The minimum atomic E-state index is -0.458. The summed E-state index contributed by atoms with van der Waals surface area (Å²) in [5.41, 5.74) is 1.40. The van der Waals surface area contributed by atoms with Crippen LogP contribution in [0.1, 0.15) is 18.4 Å². The van der Waals surface area contributed by atoms with Gasteiger partial charge in [0.15, 0.2) is 0 Å². The van der Waals surface area contributed by atoms with Crippen LogP contribution in [0.3, 0.4) is 0 Å². The summed E-state index contributed by atoms with van der Waals surface area (Å²) in [6.45, 7) is 2.08. The van der Waals surface area contributed by atoms with Crippen molar-refractivity contribution in [2.45, 2.75) is 18.9 Å². The number of rotatable bonds is 6. The molecule has 1 saturated heterocycles. The summed E-state index contributed by atoms with van der Waals surface area (Å²) < 4.78 is 5.99. The molecule has 3 rings (SSSR count). The Kier molecular flexibility index (Phi) is 6.39. The summed E-state index contributed by atoms with van der Waals surface area (Å²) in [7, 11) is 2.11. The van der Waals surface area contributed by atoms with Gasteiger partial charge in [0.2, 0.25) is 5.91 Å². The van der Waals surface area contributed by atoms with E-state index in [2.05, 4.69) is 17.3 Å². The maximum Gasteiger partial charge on any atom is 0.269 e. The van der Waals surface area contributed by atoms with Gasteiger partial charge < -0.3 is 15.0 Å². The van der Waals surface area contributed by atoms with E-state index in [0.29, 0.717) is 11.3 Å². The normalized spacial score (nSPS) is 15.5. The molecule has 1 fully saturated rings. The maximum atomic E-state index is 12.1. The third-order valence-corrected chi connectivity index (χ3v) is 4.62. The number of piperidine rings is 1. The standard InChI is InChI=1S/C21H23N3O4/c1-23-14-12-20(13-15-23)28-19-9-5-17(6-10-19)22-21(25)11-4-16-2-7-18(8-3-16)24(26)27/h2-11,20H,12-15H2,1H3,(H,22,25)/b11-4+. The fourth-order valence-electron chi connectivity index (χ4n) is 2.98. The molecule has 1 heterocycles. The molecule has 0 radical (unpaired) electrons. The first kappa shape index (κ1) is 19.6. The molecule has 146 valence electrons. The molecule has 7 heteroatoms. The van der Waals surface area contributed by atoms with Crippen molar-refractivity contribution in [3.05, 3.63) is 70.3 Å². The number of nitrogens with one attached hydrogen (secondary N) is 1. The molecule has 0 aromatic heterocycles. The number of nitrogens with zero attached hydrogens (tertiary/aromatic N) is 2. The lowest BCUT2D eigenvalue weighted by Gasteiger charge is -2.29. The number of nitro benzene ring substituents is 1. The Morgan fingerprint density at radius 3 is 2.39 bits per heavy atom. The van der Waals surface area contributed by atoms with Crippen molar-refractivity contribution < 1.29 is 14.5 Å². The first-order chi connectivity index (χ1) is 13.5. The number of carbonyl (C=O) groups is 1. The third kappa shape index (κ3) is 5.65. The summed E-state index contributed by atoms with van der Waals surface area (Å²) in [5.74, 6) is 0.524. The minimum Gasteiger partial charge on any atom is -0.490 e. The lowest BCUT2D eigenvalue weighted by Crippen LogP contribution is -2.35. The number of anilines is 1. The predicted molar refractivity (Wildman–Crippen MR) is 108 cm³/mol. The molecule has 0 atom stereocenters. The molecule has 0 unspecified atom stereocenters. The van der Waals surface area contributed by atoms with Gasteiger partial charge in [-0.05, 0) is 67.9 Å². The van der Waals surface area contributed by atoms with Gasteiger partial charge in [-0.3, -0.25) is 14.9 Å². The highest BCUT2D eigenvalue weighted by Crippen LogP contribution is 2.21. The third-order valence-electron chi connectivity index (χ3n) is 4.62. The van der Waals surface area contributed by atoms with E-state index in [1.54, 1.807) is 18.2 Å². The lowest BCUT2D eigenvalue weighted by atomic mass is 10.1. The number of benzene rings is 2. The topological polar surface area (TPSA) is 84.7 Å². The Balaban J connectivity index is 1.50. The number of hydrogen-bond donors (Lipinski definition) is 1. The summed E-state index contributed by atoms with van der Waals surface area (Å²) >= 11 is 0. The van der Waals surface area contributed by atoms with E-state index in [1.807, 2.05) is 24.3 Å². The Hall–Kier alpha value is -3.19. The smallest absolute Gasteiger partial charge is 0.269 e. The van der Waals surface area contributed by atoms with Crippen LogP contribution in [-0.4, -0.2) is 42.0 Å². The fraction of sp³-hybridized carbons (Fsp3) is 0.286. The second-order valence-corrected chi connectivity index (χ2v) is 6.82. The zero-order chi connectivity index (χ0) is 19.9. The average Bonchev–Trinajstić information content (AvgIpc) is 2.70. The highest BCUT2D eigenvalue weighted by Gasteiger charge is 2.17. The number of carbonyl (C=O) groups excluding carboxylic acids is 1. The quantitative estimate of drug-likeness (QED) is 0.468. The molecule has 2 aromatic carbocycles. The van der Waals surface area contributed by atoms with Crippen LogP contribution in [0.25, 0.3) is 6.08 Å². The van der Waals surface area contributed by atoms with E-state index in [4.69, 9.17) is 4.74 Å². The van der Waals surface area contributed by atoms with Crippen molar-refractivity contribution in [1.29, 1.82) is 0 Å². The van der Waals surface area contributed by atoms with Crippen LogP contribution < -0.4 is 10.1 Å². The van der Waals surface area contributed by atoms with E-state index < -0.39 is 4.92 Å². The van der Waals surface area contributed by atoms with Gasteiger partial charge in [0.1, 0.15) is 11.9 Å². The van der Waals surface area contributed by atoms with Gasteiger partial charge in [-0.25, -0.2) is 0 Å². The first-order valence-corrected chi connectivity index (χ1v) is 9.18. The molecule has 0 saturated carbocycles. The van der Waals surface area contributed by atoms with Gasteiger partial charge in [0, 0.05) is 37.0 Å². The number of hydrogen-bond acceptors (Lipinski definition) is 5. The molecule has 1 N–H and O–H groups in total. The van der Waals surface area contributed by atoms with Crippen LogP contribution in [0.5, 0.6) is 5.75 Å². The van der Waals surface area contributed by atoms with Crippen molar-refractivity contribution in [3.63, 3.8) is 0 Å². The fourth-order valence-corrected chi connectivity index (χ4v) is 2.98. The van der Waals surface area contributed by atoms with Gasteiger partial charge in [0.25, 0.3) is 5.69 Å². The molecule has 0 aliphatic carbocycles. The summed E-state index contributed by atoms with van der Waals surface area (Å²) in [4.78, 5) is 24.5. The SMILES string of the molecule is CN1CCC(Oc2ccc(NC(=O)/C=C/c3ccc([N+](=O)[O-])cc3)cc2)CC1. The van der Waals surface area contributed by atoms with Crippen LogP contribution >= 0.6 is 0 Å². The van der Waals surface area contributed by atoms with Gasteiger partial charge >= 0.3 is 0 Å². The van der Waals surface area contributed by atoms with Crippen LogP contribution in [0.4, 0.5) is 11.4 Å². The molecule has 1 aliphatic heterocycles. The Bertz CT molecular complexity index is 839. The van der Waals surface area contributed by atoms with Crippen LogP contribution in [0.2, 0.25) is 0 Å². The van der Waals surface area contributed by atoms with E-state index in [0.717, 1.165) is 31.7 Å². The van der Waals surface area contributed by atoms with E-state index in [-0.39, 0.29) is 17.7 Å². The molecule has 28 heavy (non-hydrogen) atoms. The van der Waals surface area contributed by atoms with Gasteiger partial charge in [0.05, 0.1) is 4.92 Å². The molecule has 7 nitrogen and oxygen atoms in total. The summed E-state index contributed by atoms with van der Waals surface area (Å²) in [6, 6.07) is 13.3. The van der Waals surface area contributed by atoms with Crippen molar-refractivity contribution >= 4 is 23.4 Å². The van der Waals surface area contributed by atoms with E-state index >= 15 is 0 Å². The molecule has 0 bridgehead atoms. The highest BCUT2D eigenvalue weighted by molar-refractivity contribution is 6.01. The number of non-ortho nitro benzene ring substituents is 1. The predicted octanol–water partition coefficient (Wildman–Crippen LogP) is 3.72. The van der Waals surface area contributed by atoms with Crippen molar-refractivity contribution in [1.82, 2.24) is 4.90 Å². The van der Waals surface area contributed by atoms with Crippen molar-refractivity contribution in [2.75, 3.05) is 25.5 Å². The molecular formula is C21H23N3O4. The largest absolute Gasteiger partial charge is 0.490 e. The van der Waals surface area contributed by atoms with Crippen LogP contribution in [-0.2, 0) is 4.79 Å². The van der Waals surface area contributed by atoms with Gasteiger partial charge in [-0.1, -0.05) is 0 Å². The van der Waals surface area contributed by atoms with Crippen molar-refractivity contribution in [2.24, 2.45) is 0 Å². The Morgan fingerprint density at radius 2 is 1.79 bits per heavy atom. The Labute approximate surface area is 163 Å². The zero-order valence-electron chi connectivity index (χ0n) is 15.7. The minimum absolute atomic E-state index is 0.0177. The lowest BCUT2D eigenvalue weighted by molar-refractivity contribution is -0.384. The van der Waals surface area contributed by atoms with Crippen LogP contribution in [0, 0.1) is 10.1 Å². The Morgan fingerprint density at radius 1 is 1.14 bits per heavy atom. The highest BCUT2D eigenvalue weighted by atomic mass is 16.6. The number of likely N-dealkylation sites (tertiary alicyclic amines) is 1. The first-order valence-electron chi connectivity index (χ1n) is 9.18. The van der Waals surface area contributed by atoms with Gasteiger partial charge in [-0.2, -0.15) is 0 Å². The number of amides is 1. The molecule has 1 aliphatic rings. The molecule has 0 spiro atoms. The summed E-state index contributed by atoms with van der Waals surface area (Å²) in [6.07, 6.45) is 5.27. The zero-order valence-corrected chi connectivity index (χ0v) is 15.7. The second kappa shape index (κ2) is 9.14. The average molecular weight is 381 g/mol. The number of ether oxygens (including phenoxy) is 1. The van der Waals surface area contributed by atoms with Gasteiger partial charge in [-0.15, -0.1) is 0 Å². The van der Waals surface area contributed by atoms with E-state index in [1.165, 1.54) is 18.2 Å². The van der Waals surface area contributed by atoms with Crippen molar-refractivity contribution in [3.8, 4) is 5.75 Å². The molecule has 2 aromatic rings. The second-order valence-electron chi connectivity index (χ2n) is 6.82. The monoisotopic (exact) mass is 381 g/mol. The molecule has 1 amide bonds. The van der Waals surface area contributed by atoms with E-state index in [9.17, 15) is 14.9 Å². The summed E-state index contributed by atoms with van der Waals surface area (Å²) in [5, 5.41) is 13.4. The number of nitro groups is 1. The maximum absolute atomic E-state index is 12.1.